The van der Waals surface area contributed by atoms with E-state index >= 15 is 0 Å². The van der Waals surface area contributed by atoms with Crippen molar-refractivity contribution in [2.24, 2.45) is 0 Å². The van der Waals surface area contributed by atoms with Crippen LogP contribution in [-0.2, 0) is 19.5 Å². The van der Waals surface area contributed by atoms with E-state index in [0.717, 1.165) is 53.6 Å². The monoisotopic (exact) mass is 1070 g/mol. The largest absolute Gasteiger partial charge is 2.00 e. The van der Waals surface area contributed by atoms with E-state index in [0.29, 0.717) is 34.2 Å². The number of aromatic carboxylic acids is 1. The Hall–Kier alpha value is -7.83. The topological polar surface area (TPSA) is 140 Å². The number of aromatic nitrogens is 4. The Morgan fingerprint density at radius 1 is 0.457 bits per heavy atom. The van der Waals surface area contributed by atoms with E-state index in [-0.39, 0.29) is 25.0 Å². The predicted molar refractivity (Wildman–Crippen MR) is 289 cm³/mol. The number of anilines is 6. The molecular weight excluding hydrogens is 1030 g/mol. The van der Waals surface area contributed by atoms with E-state index in [9.17, 15) is 9.90 Å². The minimum atomic E-state index is -1.03. The molecule has 6 aromatic heterocycles. The second-order valence-corrected chi connectivity index (χ2v) is 17.2. The van der Waals surface area contributed by atoms with Crippen molar-refractivity contribution in [1.29, 1.82) is 0 Å². The molecule has 10 rings (SSSR count). The van der Waals surface area contributed by atoms with Gasteiger partial charge in [-0.2, -0.15) is 10.3 Å². The molecular formula is C55H36N8O2RuS4. The third-order valence-electron chi connectivity index (χ3n) is 10.4. The number of para-hydroxylation sites is 4. The minimum Gasteiger partial charge on any atom is -0.753 e. The fourth-order valence-corrected chi connectivity index (χ4v) is 9.48. The van der Waals surface area contributed by atoms with Crippen molar-refractivity contribution in [2.75, 3.05) is 9.80 Å². The first kappa shape index (κ1) is 50.1. The number of pyridine rings is 4. The number of hydrogen-bond acceptors (Lipinski definition) is 11. The van der Waals surface area contributed by atoms with Gasteiger partial charge in [-0.15, -0.1) is 22.7 Å². The van der Waals surface area contributed by atoms with E-state index in [4.69, 9.17) is 25.8 Å². The predicted octanol–water partition coefficient (Wildman–Crippen LogP) is 15.7. The summed E-state index contributed by atoms with van der Waals surface area (Å²) in [5.41, 5.74) is 10.1. The van der Waals surface area contributed by atoms with Crippen LogP contribution in [0.3, 0.4) is 0 Å². The molecule has 0 amide bonds. The van der Waals surface area contributed by atoms with Gasteiger partial charge in [-0.1, -0.05) is 103 Å². The number of benzene rings is 4. The van der Waals surface area contributed by atoms with Crippen LogP contribution in [0.1, 0.15) is 10.4 Å². The molecule has 0 bridgehead atoms. The zero-order chi connectivity index (χ0) is 48.0. The maximum Gasteiger partial charge on any atom is 2.00 e. The van der Waals surface area contributed by atoms with Gasteiger partial charge in [0.1, 0.15) is 10.0 Å². The number of isothiocyanates is 2. The molecule has 4 aromatic carbocycles. The standard InChI is InChI=1S/C53H36N6O2S2.2CNS.Ru/c60-53(61)37-29-31-54-45(33-37)43-22-13-23-44(56-43)47-34-38(50-25-27-52(63-50)59(41-18-9-3-10-19-41)42-20-11-4-12-21-42)35-48(57-47)46-32-36(28-30-55-46)49-24-26-51(62-49)58(39-14-5-1-6-15-39)40-16-7-2-8-17-40;2*2-1-3;/h1-35H,(H,60,61);;;/q;2*-1;+2. The van der Waals surface area contributed by atoms with E-state index < -0.39 is 5.97 Å². The van der Waals surface area contributed by atoms with Crippen LogP contribution in [0.25, 0.3) is 65.9 Å². The second-order valence-electron chi connectivity index (χ2n) is 14.7. The molecule has 10 aromatic rings. The first-order valence-corrected chi connectivity index (χ1v) is 23.5. The van der Waals surface area contributed by atoms with Crippen LogP contribution in [0.15, 0.2) is 213 Å². The van der Waals surface area contributed by atoms with Crippen molar-refractivity contribution >= 4 is 96.2 Å². The number of carbonyl (C=O) groups is 1. The van der Waals surface area contributed by atoms with Crippen LogP contribution in [0.5, 0.6) is 0 Å². The van der Waals surface area contributed by atoms with Crippen LogP contribution >= 0.6 is 47.1 Å². The van der Waals surface area contributed by atoms with Gasteiger partial charge >= 0.3 is 25.4 Å². The molecule has 0 saturated heterocycles. The van der Waals surface area contributed by atoms with Gasteiger partial charge in [0.05, 0.1) is 39.7 Å². The quantitative estimate of drug-likeness (QED) is 0.0714. The summed E-state index contributed by atoms with van der Waals surface area (Å²) in [5, 5.41) is 28.8. The Morgan fingerprint density at radius 2 is 0.829 bits per heavy atom. The zero-order valence-electron chi connectivity index (χ0n) is 36.6. The average Bonchev–Trinajstić information content (AvgIpc) is 4.10. The number of carboxylic acid groups (broad SMARTS) is 1. The van der Waals surface area contributed by atoms with Gasteiger partial charge < -0.3 is 25.7 Å². The fourth-order valence-electron chi connectivity index (χ4n) is 7.40. The Morgan fingerprint density at radius 3 is 1.29 bits per heavy atom. The summed E-state index contributed by atoms with van der Waals surface area (Å²) in [7, 11) is 0. The van der Waals surface area contributed by atoms with Crippen LogP contribution < -0.4 is 9.80 Å². The number of thiophene rings is 2. The van der Waals surface area contributed by atoms with Crippen molar-refractivity contribution in [3.8, 4) is 55.0 Å². The van der Waals surface area contributed by atoms with Gasteiger partial charge in [0, 0.05) is 44.9 Å². The maximum atomic E-state index is 11.8. The van der Waals surface area contributed by atoms with Crippen LogP contribution in [-0.4, -0.2) is 41.3 Å². The van der Waals surface area contributed by atoms with Gasteiger partial charge in [0.15, 0.2) is 0 Å². The first-order chi connectivity index (χ1) is 33.9. The molecule has 1 N–H and O–H groups in total. The molecule has 340 valence electrons. The summed E-state index contributed by atoms with van der Waals surface area (Å²) < 4.78 is 0. The molecule has 6 heterocycles. The molecule has 0 fully saturated rings. The SMILES string of the molecule is O=C(O)c1ccnc(-c2cccc(-c3cc(-c4ccc(N(c5ccccc5)c5ccccc5)s4)cc(-c4cc(-c5ccc(N(c6ccccc6)c6ccccc6)s5)ccn4)n3)n2)c1.[N-]=C=S.[N-]=C=S.[Ru+2]. The summed E-state index contributed by atoms with van der Waals surface area (Å²) in [4.78, 5) is 38.0. The Kier molecular flexibility index (Phi) is 17.5. The Bertz CT molecular complexity index is 3310. The summed E-state index contributed by atoms with van der Waals surface area (Å²) in [6.07, 6.45) is 3.33. The molecule has 10 nitrogen and oxygen atoms in total. The Labute approximate surface area is 436 Å². The smallest absolute Gasteiger partial charge is 0.753 e. The molecule has 0 aliphatic rings. The zero-order valence-corrected chi connectivity index (χ0v) is 41.6. The summed E-state index contributed by atoms with van der Waals surface area (Å²) in [5.74, 6) is -1.03. The van der Waals surface area contributed by atoms with Gasteiger partial charge in [-0.25, -0.2) is 14.8 Å². The molecule has 0 unspecified atom stereocenters. The van der Waals surface area contributed by atoms with Gasteiger partial charge in [0.2, 0.25) is 0 Å². The molecule has 0 radical (unpaired) electrons. The number of hydrogen-bond donors (Lipinski definition) is 1. The van der Waals surface area contributed by atoms with Crippen LogP contribution in [0.4, 0.5) is 32.8 Å². The van der Waals surface area contributed by atoms with Gasteiger partial charge in [-0.05, 0) is 132 Å². The molecule has 0 aliphatic heterocycles. The van der Waals surface area contributed by atoms with Crippen molar-refractivity contribution in [2.45, 2.75) is 0 Å². The van der Waals surface area contributed by atoms with Crippen molar-refractivity contribution in [1.82, 2.24) is 19.9 Å². The van der Waals surface area contributed by atoms with Crippen LogP contribution in [0.2, 0.25) is 0 Å². The molecule has 70 heavy (non-hydrogen) atoms. The van der Waals surface area contributed by atoms with Gasteiger partial charge in [-0.3, -0.25) is 9.97 Å². The fraction of sp³-hybridized carbons (Fsp3) is 0. The Balaban J connectivity index is 0.000000983. The molecule has 15 heteroatoms. The van der Waals surface area contributed by atoms with E-state index in [2.05, 4.69) is 179 Å². The molecule has 0 aliphatic carbocycles. The number of carboxylic acids is 1. The van der Waals surface area contributed by atoms with E-state index in [1.807, 2.05) is 54.7 Å². The number of thiocarbonyl (C=S) groups is 2. The van der Waals surface area contributed by atoms with E-state index in [1.54, 1.807) is 22.7 Å². The normalized spacial score (nSPS) is 10.1. The third-order valence-corrected chi connectivity index (χ3v) is 12.6. The summed E-state index contributed by atoms with van der Waals surface area (Å²) in [6, 6.07) is 67.1. The molecule has 0 saturated carbocycles. The average molecular weight is 1070 g/mol. The van der Waals surface area contributed by atoms with E-state index in [1.165, 1.54) is 28.7 Å². The number of nitrogens with zero attached hydrogens (tertiary/aromatic N) is 8. The van der Waals surface area contributed by atoms with Crippen molar-refractivity contribution in [3.63, 3.8) is 0 Å². The first-order valence-electron chi connectivity index (χ1n) is 21.1. The van der Waals surface area contributed by atoms with Crippen molar-refractivity contribution < 1.29 is 29.4 Å². The van der Waals surface area contributed by atoms with Crippen molar-refractivity contribution in [3.05, 3.63) is 229 Å². The minimum absolute atomic E-state index is 0. The maximum absolute atomic E-state index is 11.8. The van der Waals surface area contributed by atoms with Crippen LogP contribution in [0, 0.1) is 0 Å². The molecule has 0 spiro atoms. The third kappa shape index (κ3) is 12.1. The summed E-state index contributed by atoms with van der Waals surface area (Å²) >= 11 is 10.8. The van der Waals surface area contributed by atoms with Gasteiger partial charge in [0.25, 0.3) is 0 Å². The number of rotatable bonds is 12. The second kappa shape index (κ2) is 24.5. The summed E-state index contributed by atoms with van der Waals surface area (Å²) in [6.45, 7) is 0. The molecule has 0 atom stereocenters.